The van der Waals surface area contributed by atoms with E-state index in [0.29, 0.717) is 0 Å². The van der Waals surface area contributed by atoms with Crippen molar-refractivity contribution in [2.75, 3.05) is 26.7 Å². The summed E-state index contributed by atoms with van der Waals surface area (Å²) in [7, 11) is 2.20. The molecule has 4 nitrogen and oxygen atoms in total. The normalized spacial score (nSPS) is 23.9. The second-order valence-electron chi connectivity index (χ2n) is 6.17. The summed E-state index contributed by atoms with van der Waals surface area (Å²) in [5.74, 6) is 1.07. The molecule has 2 fully saturated rings. The lowest BCUT2D eigenvalue weighted by atomic mass is 9.85. The van der Waals surface area contributed by atoms with Crippen molar-refractivity contribution in [1.29, 1.82) is 0 Å². The van der Waals surface area contributed by atoms with Gasteiger partial charge in [0.1, 0.15) is 5.76 Å². The zero-order chi connectivity index (χ0) is 13.3. The molecule has 1 saturated heterocycles. The summed E-state index contributed by atoms with van der Waals surface area (Å²) >= 11 is 0. The predicted octanol–water partition coefficient (Wildman–Crippen LogP) is 1.67. The van der Waals surface area contributed by atoms with Crippen molar-refractivity contribution in [3.8, 4) is 0 Å². The number of furan rings is 1. The Morgan fingerprint density at radius 3 is 2.68 bits per heavy atom. The zero-order valence-electron chi connectivity index (χ0n) is 11.8. The molecule has 0 atom stereocenters. The molecule has 0 bridgehead atoms. The maximum atomic E-state index is 6.19. The second kappa shape index (κ2) is 5.27. The minimum atomic E-state index is 0.181. The van der Waals surface area contributed by atoms with Crippen molar-refractivity contribution in [1.82, 2.24) is 9.80 Å². The van der Waals surface area contributed by atoms with Gasteiger partial charge in [-0.05, 0) is 58.0 Å². The number of hydrogen-bond donors (Lipinski definition) is 1. The summed E-state index contributed by atoms with van der Waals surface area (Å²) in [6.07, 6.45) is 6.76. The first-order chi connectivity index (χ1) is 9.23. The molecule has 2 N–H and O–H groups in total. The van der Waals surface area contributed by atoms with Gasteiger partial charge in [0.15, 0.2) is 0 Å². The van der Waals surface area contributed by atoms with E-state index < -0.39 is 0 Å². The van der Waals surface area contributed by atoms with Crippen molar-refractivity contribution in [3.63, 3.8) is 0 Å². The van der Waals surface area contributed by atoms with Crippen LogP contribution >= 0.6 is 0 Å². The van der Waals surface area contributed by atoms with Gasteiger partial charge in [0.2, 0.25) is 0 Å². The summed E-state index contributed by atoms with van der Waals surface area (Å²) in [5.41, 5.74) is 6.37. The first kappa shape index (κ1) is 13.2. The smallest absolute Gasteiger partial charge is 0.117 e. The van der Waals surface area contributed by atoms with Crippen LogP contribution in [0, 0.1) is 0 Å². The number of piperidine rings is 1. The van der Waals surface area contributed by atoms with Gasteiger partial charge in [-0.1, -0.05) is 0 Å². The highest BCUT2D eigenvalue weighted by atomic mass is 16.3. The summed E-state index contributed by atoms with van der Waals surface area (Å²) in [6, 6.07) is 4.77. The fourth-order valence-electron chi connectivity index (χ4n) is 3.28. The lowest BCUT2D eigenvalue weighted by Crippen LogP contribution is -2.59. The highest BCUT2D eigenvalue weighted by Crippen LogP contribution is 2.39. The standard InChI is InChI=1S/C15H25N3O/c1-17-8-6-15(12-16,7-9-17)18(13-4-5-13)11-14-3-2-10-19-14/h2-3,10,13H,4-9,11-12,16H2,1H3. The molecule has 3 rings (SSSR count). The van der Waals surface area contributed by atoms with E-state index in [9.17, 15) is 0 Å². The molecule has 0 radical (unpaired) electrons. The van der Waals surface area contributed by atoms with Gasteiger partial charge >= 0.3 is 0 Å². The fourth-order valence-corrected chi connectivity index (χ4v) is 3.28. The van der Waals surface area contributed by atoms with Gasteiger partial charge in [-0.3, -0.25) is 4.90 Å². The summed E-state index contributed by atoms with van der Waals surface area (Å²) in [4.78, 5) is 5.05. The molecular weight excluding hydrogens is 238 g/mol. The van der Waals surface area contributed by atoms with Crippen LogP contribution in [0.1, 0.15) is 31.4 Å². The van der Waals surface area contributed by atoms with E-state index in [4.69, 9.17) is 10.2 Å². The Balaban J connectivity index is 1.77. The van der Waals surface area contributed by atoms with Gasteiger partial charge in [0, 0.05) is 18.1 Å². The minimum Gasteiger partial charge on any atom is -0.468 e. The monoisotopic (exact) mass is 263 g/mol. The molecule has 1 saturated carbocycles. The van der Waals surface area contributed by atoms with E-state index in [1.807, 2.05) is 6.07 Å². The van der Waals surface area contributed by atoms with Gasteiger partial charge in [0.25, 0.3) is 0 Å². The van der Waals surface area contributed by atoms with Crippen LogP contribution in [0.5, 0.6) is 0 Å². The number of likely N-dealkylation sites (tertiary alicyclic amines) is 1. The van der Waals surface area contributed by atoms with Crippen LogP contribution in [0.4, 0.5) is 0 Å². The van der Waals surface area contributed by atoms with Gasteiger partial charge in [-0.25, -0.2) is 0 Å². The highest BCUT2D eigenvalue weighted by Gasteiger charge is 2.44. The summed E-state index contributed by atoms with van der Waals surface area (Å²) < 4.78 is 5.55. The molecular formula is C15H25N3O. The molecule has 2 heterocycles. The van der Waals surface area contributed by atoms with E-state index in [1.54, 1.807) is 6.26 Å². The molecule has 1 aromatic heterocycles. The number of nitrogens with two attached hydrogens (primary N) is 1. The molecule has 1 aliphatic carbocycles. The Morgan fingerprint density at radius 1 is 1.42 bits per heavy atom. The average Bonchev–Trinajstić information content (AvgIpc) is 3.14. The van der Waals surface area contributed by atoms with Gasteiger partial charge < -0.3 is 15.1 Å². The first-order valence-electron chi connectivity index (χ1n) is 7.41. The number of rotatable bonds is 5. The number of hydrogen-bond acceptors (Lipinski definition) is 4. The van der Waals surface area contributed by atoms with Crippen molar-refractivity contribution < 1.29 is 4.42 Å². The van der Waals surface area contributed by atoms with Crippen molar-refractivity contribution in [3.05, 3.63) is 24.2 Å². The van der Waals surface area contributed by atoms with Gasteiger partial charge in [-0.15, -0.1) is 0 Å². The highest BCUT2D eigenvalue weighted by molar-refractivity contribution is 5.06. The Kier molecular flexibility index (Phi) is 3.65. The van der Waals surface area contributed by atoms with Crippen molar-refractivity contribution in [2.24, 2.45) is 5.73 Å². The van der Waals surface area contributed by atoms with Gasteiger partial charge in [0.05, 0.1) is 12.8 Å². The van der Waals surface area contributed by atoms with E-state index in [0.717, 1.165) is 38.0 Å². The van der Waals surface area contributed by atoms with Crippen LogP contribution in [0.2, 0.25) is 0 Å². The maximum absolute atomic E-state index is 6.19. The van der Waals surface area contributed by atoms with Crippen LogP contribution < -0.4 is 5.73 Å². The Bertz CT molecular complexity index is 392. The van der Waals surface area contributed by atoms with Crippen LogP contribution in [0.15, 0.2) is 22.8 Å². The van der Waals surface area contributed by atoms with Crippen LogP contribution in [0.3, 0.4) is 0 Å². The SMILES string of the molecule is CN1CCC(CN)(N(Cc2ccco2)C2CC2)CC1. The van der Waals surface area contributed by atoms with E-state index >= 15 is 0 Å². The molecule has 2 aliphatic rings. The Morgan fingerprint density at radius 2 is 2.16 bits per heavy atom. The van der Waals surface area contributed by atoms with E-state index in [1.165, 1.54) is 25.7 Å². The first-order valence-corrected chi connectivity index (χ1v) is 7.41. The third kappa shape index (κ3) is 2.71. The van der Waals surface area contributed by atoms with Crippen molar-refractivity contribution in [2.45, 2.75) is 43.8 Å². The lowest BCUT2D eigenvalue weighted by molar-refractivity contribution is 0.0162. The molecule has 0 amide bonds. The van der Waals surface area contributed by atoms with E-state index in [-0.39, 0.29) is 5.54 Å². The molecule has 0 unspecified atom stereocenters. The molecule has 0 aromatic carbocycles. The molecule has 0 spiro atoms. The molecule has 19 heavy (non-hydrogen) atoms. The predicted molar refractivity (Wildman–Crippen MR) is 75.8 cm³/mol. The Hall–Kier alpha value is -0.840. The minimum absolute atomic E-state index is 0.181. The second-order valence-corrected chi connectivity index (χ2v) is 6.17. The average molecular weight is 263 g/mol. The summed E-state index contributed by atoms with van der Waals surface area (Å²) in [5, 5.41) is 0. The summed E-state index contributed by atoms with van der Waals surface area (Å²) in [6.45, 7) is 3.98. The van der Waals surface area contributed by atoms with Crippen molar-refractivity contribution >= 4 is 0 Å². The van der Waals surface area contributed by atoms with Gasteiger partial charge in [-0.2, -0.15) is 0 Å². The topological polar surface area (TPSA) is 45.6 Å². The fraction of sp³-hybridized carbons (Fsp3) is 0.733. The number of nitrogens with zero attached hydrogens (tertiary/aromatic N) is 2. The molecule has 1 aromatic rings. The van der Waals surface area contributed by atoms with E-state index in [2.05, 4.69) is 22.9 Å². The third-order valence-corrected chi connectivity index (χ3v) is 4.80. The third-order valence-electron chi connectivity index (χ3n) is 4.80. The largest absolute Gasteiger partial charge is 0.468 e. The molecule has 106 valence electrons. The Labute approximate surface area is 115 Å². The molecule has 1 aliphatic heterocycles. The quantitative estimate of drug-likeness (QED) is 0.877. The maximum Gasteiger partial charge on any atom is 0.117 e. The van der Waals surface area contributed by atoms with Crippen LogP contribution in [-0.4, -0.2) is 48.1 Å². The lowest BCUT2D eigenvalue weighted by Gasteiger charge is -2.48. The van der Waals surface area contributed by atoms with Crippen LogP contribution in [0.25, 0.3) is 0 Å². The van der Waals surface area contributed by atoms with Crippen LogP contribution in [-0.2, 0) is 6.54 Å². The molecule has 4 heteroatoms. The zero-order valence-corrected chi connectivity index (χ0v) is 11.8.